The summed E-state index contributed by atoms with van der Waals surface area (Å²) >= 11 is 7.51. The summed E-state index contributed by atoms with van der Waals surface area (Å²) in [6.07, 6.45) is 3.22. The van der Waals surface area contributed by atoms with Crippen molar-refractivity contribution in [1.29, 1.82) is 0 Å². The molecule has 28 heavy (non-hydrogen) atoms. The van der Waals surface area contributed by atoms with Crippen molar-refractivity contribution in [2.75, 3.05) is 18.4 Å². The number of hydrogen-bond donors (Lipinski definition) is 1. The van der Waals surface area contributed by atoms with Gasteiger partial charge < -0.3 is 5.32 Å². The molecule has 0 aliphatic carbocycles. The SMILES string of the molecule is O=C(Nc1ccc(Cl)cn1)C1CCN(Cc2csc(-c3ccccc3)n2)CC1. The predicted octanol–water partition coefficient (Wildman–Crippen LogP) is 4.71. The number of rotatable bonds is 5. The van der Waals surface area contributed by atoms with E-state index in [1.807, 2.05) is 18.2 Å². The third-order valence-corrected chi connectivity index (χ3v) is 6.06. The van der Waals surface area contributed by atoms with Crippen molar-refractivity contribution in [2.24, 2.45) is 5.92 Å². The minimum absolute atomic E-state index is 0.0176. The van der Waals surface area contributed by atoms with Crippen LogP contribution in [0.3, 0.4) is 0 Å². The van der Waals surface area contributed by atoms with Crippen LogP contribution in [0, 0.1) is 5.92 Å². The van der Waals surface area contributed by atoms with Crippen LogP contribution in [0.4, 0.5) is 5.82 Å². The number of benzene rings is 1. The highest BCUT2D eigenvalue weighted by molar-refractivity contribution is 7.13. The fourth-order valence-electron chi connectivity index (χ4n) is 3.35. The molecule has 5 nitrogen and oxygen atoms in total. The third kappa shape index (κ3) is 4.76. The maximum atomic E-state index is 12.5. The molecule has 144 valence electrons. The molecule has 1 aromatic carbocycles. The molecule has 3 aromatic rings. The molecule has 1 N–H and O–H groups in total. The number of nitrogens with one attached hydrogen (secondary N) is 1. The van der Waals surface area contributed by atoms with E-state index < -0.39 is 0 Å². The number of amides is 1. The number of nitrogens with zero attached hydrogens (tertiary/aromatic N) is 3. The van der Waals surface area contributed by atoms with Crippen molar-refractivity contribution in [3.05, 3.63) is 64.8 Å². The predicted molar refractivity (Wildman–Crippen MR) is 113 cm³/mol. The van der Waals surface area contributed by atoms with Gasteiger partial charge in [-0.1, -0.05) is 41.9 Å². The van der Waals surface area contributed by atoms with Crippen LogP contribution in [0.5, 0.6) is 0 Å². The Balaban J connectivity index is 1.28. The molecule has 1 amide bonds. The van der Waals surface area contributed by atoms with Gasteiger partial charge in [0.15, 0.2) is 0 Å². The molecule has 0 bridgehead atoms. The van der Waals surface area contributed by atoms with E-state index >= 15 is 0 Å². The number of piperidine rings is 1. The van der Waals surface area contributed by atoms with E-state index in [0.717, 1.165) is 48.7 Å². The Kier molecular flexibility index (Phi) is 6.00. The quantitative estimate of drug-likeness (QED) is 0.659. The summed E-state index contributed by atoms with van der Waals surface area (Å²) in [4.78, 5) is 23.7. The van der Waals surface area contributed by atoms with Crippen molar-refractivity contribution in [1.82, 2.24) is 14.9 Å². The van der Waals surface area contributed by atoms with Gasteiger partial charge in [-0.05, 0) is 38.1 Å². The van der Waals surface area contributed by atoms with E-state index in [0.29, 0.717) is 10.8 Å². The molecule has 7 heteroatoms. The summed E-state index contributed by atoms with van der Waals surface area (Å²) in [7, 11) is 0. The normalized spacial score (nSPS) is 15.5. The highest BCUT2D eigenvalue weighted by Crippen LogP contribution is 2.25. The number of thiazole rings is 1. The van der Waals surface area contributed by atoms with Crippen molar-refractivity contribution in [2.45, 2.75) is 19.4 Å². The van der Waals surface area contributed by atoms with Gasteiger partial charge in [-0.15, -0.1) is 11.3 Å². The molecule has 1 aliphatic heterocycles. The summed E-state index contributed by atoms with van der Waals surface area (Å²) in [6.45, 7) is 2.62. The van der Waals surface area contributed by atoms with Crippen LogP contribution in [0.25, 0.3) is 10.6 Å². The highest BCUT2D eigenvalue weighted by atomic mass is 35.5. The Labute approximate surface area is 173 Å². The first kappa shape index (κ1) is 19.1. The zero-order valence-corrected chi connectivity index (χ0v) is 16.9. The third-order valence-electron chi connectivity index (χ3n) is 4.90. The number of carbonyl (C=O) groups is 1. The Morgan fingerprint density at radius 2 is 1.96 bits per heavy atom. The Morgan fingerprint density at radius 3 is 2.68 bits per heavy atom. The highest BCUT2D eigenvalue weighted by Gasteiger charge is 2.25. The average Bonchev–Trinajstić information content (AvgIpc) is 3.19. The maximum Gasteiger partial charge on any atom is 0.228 e. The standard InChI is InChI=1S/C21H21ClN4OS/c22-17-6-7-19(23-12-17)25-20(27)15-8-10-26(11-9-15)13-18-14-28-21(24-18)16-4-2-1-3-5-16/h1-7,12,14-15H,8-11,13H2,(H,23,25,27). The summed E-state index contributed by atoms with van der Waals surface area (Å²) in [5.74, 6) is 0.603. The van der Waals surface area contributed by atoms with E-state index in [2.05, 4.69) is 32.7 Å². The van der Waals surface area contributed by atoms with E-state index in [4.69, 9.17) is 16.6 Å². The molecule has 0 saturated carbocycles. The Bertz CT molecular complexity index is 921. The van der Waals surface area contributed by atoms with Crippen molar-refractivity contribution in [3.8, 4) is 10.6 Å². The largest absolute Gasteiger partial charge is 0.310 e. The summed E-state index contributed by atoms with van der Waals surface area (Å²) in [5, 5.41) is 6.63. The first-order valence-electron chi connectivity index (χ1n) is 9.32. The molecular formula is C21H21ClN4OS. The maximum absolute atomic E-state index is 12.5. The smallest absolute Gasteiger partial charge is 0.228 e. The van der Waals surface area contributed by atoms with Gasteiger partial charge in [0, 0.05) is 29.6 Å². The number of halogens is 1. The van der Waals surface area contributed by atoms with Gasteiger partial charge in [0.05, 0.1) is 10.7 Å². The van der Waals surface area contributed by atoms with E-state index in [1.165, 1.54) is 6.20 Å². The second-order valence-electron chi connectivity index (χ2n) is 6.91. The van der Waals surface area contributed by atoms with Crippen molar-refractivity contribution in [3.63, 3.8) is 0 Å². The second kappa shape index (κ2) is 8.82. The Hall–Kier alpha value is -2.28. The Morgan fingerprint density at radius 1 is 1.18 bits per heavy atom. The van der Waals surface area contributed by atoms with E-state index in [-0.39, 0.29) is 11.8 Å². The number of likely N-dealkylation sites (tertiary alicyclic amines) is 1. The summed E-state index contributed by atoms with van der Waals surface area (Å²) in [6, 6.07) is 13.7. The number of anilines is 1. The topological polar surface area (TPSA) is 58.1 Å². The summed E-state index contributed by atoms with van der Waals surface area (Å²) < 4.78 is 0. The van der Waals surface area contributed by atoms with Gasteiger partial charge in [0.2, 0.25) is 5.91 Å². The van der Waals surface area contributed by atoms with Crippen molar-refractivity contribution < 1.29 is 4.79 Å². The monoisotopic (exact) mass is 412 g/mol. The number of carbonyl (C=O) groups excluding carboxylic acids is 1. The first-order valence-corrected chi connectivity index (χ1v) is 10.6. The van der Waals surface area contributed by atoms with Crippen LogP contribution in [-0.2, 0) is 11.3 Å². The molecule has 1 aliphatic rings. The zero-order valence-electron chi connectivity index (χ0n) is 15.3. The van der Waals surface area contributed by atoms with Crippen LogP contribution in [0.1, 0.15) is 18.5 Å². The van der Waals surface area contributed by atoms with Gasteiger partial charge in [-0.3, -0.25) is 9.69 Å². The van der Waals surface area contributed by atoms with Crippen molar-refractivity contribution >= 4 is 34.7 Å². The molecule has 2 aromatic heterocycles. The minimum Gasteiger partial charge on any atom is -0.310 e. The van der Waals surface area contributed by atoms with Crippen LogP contribution < -0.4 is 5.32 Å². The van der Waals surface area contributed by atoms with Crippen LogP contribution in [-0.4, -0.2) is 33.9 Å². The van der Waals surface area contributed by atoms with Gasteiger partial charge in [0.25, 0.3) is 0 Å². The minimum atomic E-state index is 0.0176. The molecule has 3 heterocycles. The molecule has 0 atom stereocenters. The van der Waals surface area contributed by atoms with Gasteiger partial charge in [-0.2, -0.15) is 0 Å². The molecular weight excluding hydrogens is 392 g/mol. The summed E-state index contributed by atoms with van der Waals surface area (Å²) in [5.41, 5.74) is 2.25. The molecule has 1 fully saturated rings. The lowest BCUT2D eigenvalue weighted by Gasteiger charge is -2.30. The number of pyridine rings is 1. The van der Waals surface area contributed by atoms with Crippen LogP contribution in [0.15, 0.2) is 54.0 Å². The second-order valence-corrected chi connectivity index (χ2v) is 8.21. The van der Waals surface area contributed by atoms with Crippen LogP contribution >= 0.6 is 22.9 Å². The molecule has 1 saturated heterocycles. The average molecular weight is 413 g/mol. The lowest BCUT2D eigenvalue weighted by molar-refractivity contribution is -0.121. The van der Waals surface area contributed by atoms with Gasteiger partial charge >= 0.3 is 0 Å². The lowest BCUT2D eigenvalue weighted by Crippen LogP contribution is -2.37. The van der Waals surface area contributed by atoms with Gasteiger partial charge in [0.1, 0.15) is 10.8 Å². The molecule has 0 radical (unpaired) electrons. The van der Waals surface area contributed by atoms with Crippen LogP contribution in [0.2, 0.25) is 5.02 Å². The fraction of sp³-hybridized carbons (Fsp3) is 0.286. The van der Waals surface area contributed by atoms with Gasteiger partial charge in [-0.25, -0.2) is 9.97 Å². The molecule has 0 unspecified atom stereocenters. The molecule has 4 rings (SSSR count). The number of hydrogen-bond acceptors (Lipinski definition) is 5. The number of aromatic nitrogens is 2. The fourth-order valence-corrected chi connectivity index (χ4v) is 4.28. The van der Waals surface area contributed by atoms with E-state index in [1.54, 1.807) is 23.5 Å². The molecule has 0 spiro atoms. The zero-order chi connectivity index (χ0) is 19.3. The van der Waals surface area contributed by atoms with E-state index in [9.17, 15) is 4.79 Å². The first-order chi connectivity index (χ1) is 13.7. The lowest BCUT2D eigenvalue weighted by atomic mass is 9.96.